The summed E-state index contributed by atoms with van der Waals surface area (Å²) in [6.07, 6.45) is -0.957. The maximum Gasteiger partial charge on any atom is 0.336 e. The molecule has 2 atom stereocenters. The van der Waals surface area contributed by atoms with Crippen molar-refractivity contribution in [1.29, 1.82) is 5.26 Å². The first-order chi connectivity index (χ1) is 9.56. The quantitative estimate of drug-likeness (QED) is 0.766. The van der Waals surface area contributed by atoms with Crippen molar-refractivity contribution in [2.45, 2.75) is 19.1 Å². The van der Waals surface area contributed by atoms with Crippen LogP contribution in [-0.4, -0.2) is 38.4 Å². The number of methoxy groups -OCH3 is 1. The summed E-state index contributed by atoms with van der Waals surface area (Å²) < 4.78 is 23.8. The second-order valence-electron chi connectivity index (χ2n) is 4.61. The van der Waals surface area contributed by atoms with Gasteiger partial charge in [-0.05, 0) is 19.1 Å². The summed E-state index contributed by atoms with van der Waals surface area (Å²) in [7, 11) is 1.29. The van der Waals surface area contributed by atoms with Crippen LogP contribution in [0, 0.1) is 17.1 Å². The molecule has 0 spiro atoms. The number of hydrogen-bond donors (Lipinski definition) is 0. The number of nitriles is 1. The average Bonchev–Trinajstić information content (AvgIpc) is 2.45. The van der Waals surface area contributed by atoms with Crippen LogP contribution in [0.5, 0.6) is 0 Å². The molecule has 0 radical (unpaired) electrons. The summed E-state index contributed by atoms with van der Waals surface area (Å²) in [6.45, 7) is 2.52. The van der Waals surface area contributed by atoms with Crippen LogP contribution in [0.15, 0.2) is 18.2 Å². The molecule has 0 saturated carbocycles. The van der Waals surface area contributed by atoms with Gasteiger partial charge < -0.3 is 14.4 Å². The van der Waals surface area contributed by atoms with E-state index in [-0.39, 0.29) is 18.2 Å². The van der Waals surface area contributed by atoms with E-state index in [0.29, 0.717) is 12.2 Å². The molecule has 1 aromatic carbocycles. The summed E-state index contributed by atoms with van der Waals surface area (Å²) in [5.74, 6) is -1.05. The van der Waals surface area contributed by atoms with Gasteiger partial charge in [-0.1, -0.05) is 6.07 Å². The van der Waals surface area contributed by atoms with E-state index in [1.807, 2.05) is 13.0 Å². The highest BCUT2D eigenvalue weighted by molar-refractivity contribution is 5.76. The largest absolute Gasteiger partial charge is 0.467 e. The van der Waals surface area contributed by atoms with Crippen LogP contribution in [0.2, 0.25) is 0 Å². The Bertz CT molecular complexity index is 556. The van der Waals surface area contributed by atoms with Crippen molar-refractivity contribution in [3.63, 3.8) is 0 Å². The van der Waals surface area contributed by atoms with Crippen LogP contribution in [0.4, 0.5) is 10.1 Å². The molecule has 1 aliphatic rings. The van der Waals surface area contributed by atoms with E-state index in [1.54, 1.807) is 17.0 Å². The molecule has 6 heteroatoms. The van der Waals surface area contributed by atoms with Crippen molar-refractivity contribution in [2.75, 3.05) is 25.1 Å². The van der Waals surface area contributed by atoms with Gasteiger partial charge in [0.25, 0.3) is 0 Å². The zero-order valence-corrected chi connectivity index (χ0v) is 11.3. The second-order valence-corrected chi connectivity index (χ2v) is 4.61. The number of carbonyl (C=O) groups excluding carboxylic acids is 1. The summed E-state index contributed by atoms with van der Waals surface area (Å²) >= 11 is 0. The molecular weight excluding hydrogens is 263 g/mol. The van der Waals surface area contributed by atoms with E-state index in [1.165, 1.54) is 13.2 Å². The monoisotopic (exact) mass is 278 g/mol. The van der Waals surface area contributed by atoms with Crippen LogP contribution in [0.3, 0.4) is 0 Å². The van der Waals surface area contributed by atoms with Gasteiger partial charge in [0.1, 0.15) is 17.4 Å². The molecule has 5 nitrogen and oxygen atoms in total. The van der Waals surface area contributed by atoms with Crippen LogP contribution in [-0.2, 0) is 14.3 Å². The number of nitrogens with zero attached hydrogens (tertiary/aromatic N) is 2. The van der Waals surface area contributed by atoms with Gasteiger partial charge in [0.2, 0.25) is 0 Å². The van der Waals surface area contributed by atoms with E-state index in [9.17, 15) is 9.18 Å². The SMILES string of the molecule is COC(=O)C1CN(c2cccc(F)c2C#N)C[C@@H](C)O1. The fourth-order valence-corrected chi connectivity index (χ4v) is 2.30. The van der Waals surface area contributed by atoms with Gasteiger partial charge in [-0.3, -0.25) is 0 Å². The summed E-state index contributed by atoms with van der Waals surface area (Å²) in [4.78, 5) is 13.4. The Kier molecular flexibility index (Phi) is 4.20. The molecule has 0 bridgehead atoms. The first kappa shape index (κ1) is 14.3. The number of hydrogen-bond acceptors (Lipinski definition) is 5. The number of halogens is 1. The number of esters is 1. The molecule has 1 fully saturated rings. The second kappa shape index (κ2) is 5.88. The van der Waals surface area contributed by atoms with Gasteiger partial charge in [0.05, 0.1) is 25.4 Å². The fraction of sp³-hybridized carbons (Fsp3) is 0.429. The molecule has 20 heavy (non-hydrogen) atoms. The van der Waals surface area contributed by atoms with Crippen molar-refractivity contribution in [1.82, 2.24) is 0 Å². The minimum absolute atomic E-state index is 0.0229. The maximum atomic E-state index is 13.7. The molecule has 1 aliphatic heterocycles. The van der Waals surface area contributed by atoms with Crippen molar-refractivity contribution in [3.8, 4) is 6.07 Å². The van der Waals surface area contributed by atoms with E-state index in [2.05, 4.69) is 4.74 Å². The van der Waals surface area contributed by atoms with Gasteiger partial charge in [0.15, 0.2) is 6.10 Å². The molecule has 0 amide bonds. The fourth-order valence-electron chi connectivity index (χ4n) is 2.30. The normalized spacial score (nSPS) is 22.2. The highest BCUT2D eigenvalue weighted by Crippen LogP contribution is 2.26. The van der Waals surface area contributed by atoms with Crippen LogP contribution >= 0.6 is 0 Å². The maximum absolute atomic E-state index is 13.7. The van der Waals surface area contributed by atoms with E-state index >= 15 is 0 Å². The van der Waals surface area contributed by atoms with Crippen molar-refractivity contribution >= 4 is 11.7 Å². The number of anilines is 1. The lowest BCUT2D eigenvalue weighted by Gasteiger charge is -2.37. The highest BCUT2D eigenvalue weighted by atomic mass is 19.1. The molecule has 106 valence electrons. The molecule has 0 aromatic heterocycles. The number of morpholine rings is 1. The third-order valence-electron chi connectivity index (χ3n) is 3.17. The predicted molar refractivity (Wildman–Crippen MR) is 69.7 cm³/mol. The van der Waals surface area contributed by atoms with Crippen molar-refractivity contribution in [2.24, 2.45) is 0 Å². The van der Waals surface area contributed by atoms with Gasteiger partial charge in [-0.2, -0.15) is 5.26 Å². The molecule has 1 heterocycles. The topological polar surface area (TPSA) is 62.6 Å². The first-order valence-electron chi connectivity index (χ1n) is 6.23. The molecule has 1 unspecified atom stereocenters. The lowest BCUT2D eigenvalue weighted by molar-refractivity contribution is -0.158. The Morgan fingerprint density at radius 3 is 2.95 bits per heavy atom. The Morgan fingerprint density at radius 2 is 2.30 bits per heavy atom. The highest BCUT2D eigenvalue weighted by Gasteiger charge is 2.32. The summed E-state index contributed by atoms with van der Waals surface area (Å²) in [5, 5.41) is 9.08. The lowest BCUT2D eigenvalue weighted by atomic mass is 10.1. The Balaban J connectivity index is 2.31. The number of rotatable bonds is 2. The third-order valence-corrected chi connectivity index (χ3v) is 3.17. The molecular formula is C14H15FN2O3. The van der Waals surface area contributed by atoms with Crippen LogP contribution in [0.1, 0.15) is 12.5 Å². The Labute approximate surface area is 116 Å². The Hall–Kier alpha value is -2.13. The lowest BCUT2D eigenvalue weighted by Crippen LogP contribution is -2.50. The number of carbonyl (C=O) groups is 1. The van der Waals surface area contributed by atoms with Gasteiger partial charge in [-0.15, -0.1) is 0 Å². The van der Waals surface area contributed by atoms with Crippen molar-refractivity contribution < 1.29 is 18.7 Å². The minimum Gasteiger partial charge on any atom is -0.467 e. The predicted octanol–water partition coefficient (Wildman–Crippen LogP) is 1.46. The molecule has 1 aromatic rings. The summed E-state index contributed by atoms with van der Waals surface area (Å²) in [6, 6.07) is 6.30. The molecule has 0 N–H and O–H groups in total. The van der Waals surface area contributed by atoms with Gasteiger partial charge >= 0.3 is 5.97 Å². The average molecular weight is 278 g/mol. The van der Waals surface area contributed by atoms with Crippen LogP contribution in [0.25, 0.3) is 0 Å². The molecule has 1 saturated heterocycles. The summed E-state index contributed by atoms with van der Waals surface area (Å²) in [5.41, 5.74) is 0.446. The minimum atomic E-state index is -0.737. The van der Waals surface area contributed by atoms with Gasteiger partial charge in [0, 0.05) is 6.54 Å². The van der Waals surface area contributed by atoms with Crippen LogP contribution < -0.4 is 4.90 Å². The molecule has 2 rings (SSSR count). The zero-order chi connectivity index (χ0) is 14.7. The van der Waals surface area contributed by atoms with E-state index < -0.39 is 17.9 Å². The Morgan fingerprint density at radius 1 is 1.55 bits per heavy atom. The van der Waals surface area contributed by atoms with E-state index in [0.717, 1.165) is 0 Å². The first-order valence-corrected chi connectivity index (χ1v) is 6.23. The number of benzene rings is 1. The smallest absolute Gasteiger partial charge is 0.336 e. The standard InChI is InChI=1S/C14H15FN2O3/c1-9-7-17(8-13(20-9)14(18)19-2)12-5-3-4-11(15)10(12)6-16/h3-5,9,13H,7-8H2,1-2H3/t9-,13?/m1/s1. The van der Waals surface area contributed by atoms with E-state index in [4.69, 9.17) is 10.00 Å². The molecule has 0 aliphatic carbocycles. The number of ether oxygens (including phenoxy) is 2. The zero-order valence-electron chi connectivity index (χ0n) is 11.3. The van der Waals surface area contributed by atoms with Gasteiger partial charge in [-0.25, -0.2) is 9.18 Å². The van der Waals surface area contributed by atoms with Crippen molar-refractivity contribution in [3.05, 3.63) is 29.6 Å². The third kappa shape index (κ3) is 2.73.